The van der Waals surface area contributed by atoms with Crippen LogP contribution in [0, 0.1) is 11.3 Å². The van der Waals surface area contributed by atoms with E-state index in [0.717, 1.165) is 5.56 Å². The number of hydrogen-bond donors (Lipinski definition) is 0. The molecule has 3 atom stereocenters. The largest absolute Gasteiger partial charge is 0.468 e. The van der Waals surface area contributed by atoms with E-state index in [-0.39, 0.29) is 23.8 Å². The van der Waals surface area contributed by atoms with Crippen molar-refractivity contribution in [3.8, 4) is 0 Å². The van der Waals surface area contributed by atoms with Crippen molar-refractivity contribution < 1.29 is 14.3 Å². The summed E-state index contributed by atoms with van der Waals surface area (Å²) >= 11 is 0. The van der Waals surface area contributed by atoms with Crippen molar-refractivity contribution >= 4 is 11.9 Å². The summed E-state index contributed by atoms with van der Waals surface area (Å²) in [6, 6.07) is 9.89. The highest BCUT2D eigenvalue weighted by Gasteiger charge is 2.72. The Kier molecular flexibility index (Phi) is 2.62. The molecule has 1 aliphatic heterocycles. The molecule has 1 aliphatic carbocycles. The van der Waals surface area contributed by atoms with Gasteiger partial charge in [0.1, 0.15) is 0 Å². The fourth-order valence-corrected chi connectivity index (χ4v) is 3.15. The van der Waals surface area contributed by atoms with E-state index < -0.39 is 5.41 Å². The number of hydrogen-bond acceptors (Lipinski definition) is 3. The number of amides is 1. The summed E-state index contributed by atoms with van der Waals surface area (Å²) in [7, 11) is 1.35. The second-order valence-corrected chi connectivity index (χ2v) is 5.41. The number of carbonyl (C=O) groups excluding carboxylic acids is 2. The predicted octanol–water partition coefficient (Wildman–Crippen LogP) is 1.77. The number of ether oxygens (including phenoxy) is 1. The lowest BCUT2D eigenvalue weighted by Crippen LogP contribution is -2.37. The zero-order valence-electron chi connectivity index (χ0n) is 11.1. The number of methoxy groups -OCH3 is 1. The van der Waals surface area contributed by atoms with Crippen molar-refractivity contribution in [3.63, 3.8) is 0 Å². The molecule has 0 unspecified atom stereocenters. The maximum absolute atomic E-state index is 12.5. The summed E-state index contributed by atoms with van der Waals surface area (Å²) in [4.78, 5) is 26.1. The minimum absolute atomic E-state index is 0.00281. The monoisotopic (exact) mass is 259 g/mol. The van der Waals surface area contributed by atoms with Crippen LogP contribution in [0.1, 0.15) is 24.9 Å². The van der Waals surface area contributed by atoms with Gasteiger partial charge in [0.25, 0.3) is 0 Å². The minimum Gasteiger partial charge on any atom is -0.468 e. The van der Waals surface area contributed by atoms with Gasteiger partial charge in [-0.1, -0.05) is 30.3 Å². The predicted molar refractivity (Wildman–Crippen MR) is 69.1 cm³/mol. The number of nitrogens with zero attached hydrogens (tertiary/aromatic N) is 1. The fourth-order valence-electron chi connectivity index (χ4n) is 3.15. The van der Waals surface area contributed by atoms with E-state index in [0.29, 0.717) is 13.0 Å². The summed E-state index contributed by atoms with van der Waals surface area (Å²) < 4.78 is 4.80. The Balaban J connectivity index is 1.83. The van der Waals surface area contributed by atoms with Crippen LogP contribution in [0.4, 0.5) is 0 Å². The third-order valence-corrected chi connectivity index (χ3v) is 4.46. The molecule has 0 N–H and O–H groups in total. The molecule has 1 aromatic carbocycles. The number of carbonyl (C=O) groups is 2. The molecule has 4 nitrogen and oxygen atoms in total. The standard InChI is InChI=1S/C15H17NO3/c1-10(11-6-4-3-5-7-11)16-9-12-8-15(12,13(16)17)14(18)19-2/h3-7,10,12H,8-9H2,1-2H3/t10-,12-,15+/m1/s1. The highest BCUT2D eigenvalue weighted by Crippen LogP contribution is 2.60. The van der Waals surface area contributed by atoms with Crippen LogP contribution in [0.5, 0.6) is 0 Å². The minimum atomic E-state index is -0.863. The number of benzene rings is 1. The molecular weight excluding hydrogens is 242 g/mol. The van der Waals surface area contributed by atoms with Crippen LogP contribution in [0.3, 0.4) is 0 Å². The molecule has 2 aliphatic rings. The first-order valence-electron chi connectivity index (χ1n) is 6.55. The Morgan fingerprint density at radius 1 is 1.42 bits per heavy atom. The van der Waals surface area contributed by atoms with Crippen molar-refractivity contribution in [2.24, 2.45) is 11.3 Å². The van der Waals surface area contributed by atoms with Gasteiger partial charge in [-0.3, -0.25) is 9.59 Å². The molecule has 19 heavy (non-hydrogen) atoms. The molecule has 2 fully saturated rings. The lowest BCUT2D eigenvalue weighted by molar-refractivity contribution is -0.154. The van der Waals surface area contributed by atoms with Gasteiger partial charge in [-0.15, -0.1) is 0 Å². The second kappa shape index (κ2) is 4.08. The SMILES string of the molecule is COC(=O)[C@@]12C[C@@H]1CN([C@H](C)c1ccccc1)C2=O. The van der Waals surface area contributed by atoms with E-state index in [1.807, 2.05) is 37.3 Å². The van der Waals surface area contributed by atoms with Gasteiger partial charge in [0.15, 0.2) is 5.41 Å². The molecular formula is C15H17NO3. The van der Waals surface area contributed by atoms with Gasteiger partial charge in [0.05, 0.1) is 13.2 Å². The van der Waals surface area contributed by atoms with Crippen molar-refractivity contribution in [3.05, 3.63) is 35.9 Å². The Bertz CT molecular complexity index is 527. The zero-order chi connectivity index (χ0) is 13.6. The average molecular weight is 259 g/mol. The molecule has 0 spiro atoms. The molecule has 4 heteroatoms. The molecule has 1 heterocycles. The summed E-state index contributed by atoms with van der Waals surface area (Å²) in [5.41, 5.74) is 0.231. The molecule has 1 amide bonds. The van der Waals surface area contributed by atoms with Crippen LogP contribution in [-0.4, -0.2) is 30.4 Å². The van der Waals surface area contributed by atoms with Gasteiger partial charge in [0.2, 0.25) is 5.91 Å². The van der Waals surface area contributed by atoms with Gasteiger partial charge in [0, 0.05) is 12.5 Å². The van der Waals surface area contributed by atoms with E-state index in [1.165, 1.54) is 7.11 Å². The van der Waals surface area contributed by atoms with E-state index in [2.05, 4.69) is 0 Å². The van der Waals surface area contributed by atoms with Crippen molar-refractivity contribution in [2.45, 2.75) is 19.4 Å². The topological polar surface area (TPSA) is 46.6 Å². The first-order valence-corrected chi connectivity index (χ1v) is 6.55. The van der Waals surface area contributed by atoms with Crippen LogP contribution in [0.2, 0.25) is 0 Å². The smallest absolute Gasteiger partial charge is 0.321 e. The molecule has 0 aromatic heterocycles. The molecule has 0 bridgehead atoms. The van der Waals surface area contributed by atoms with Crippen LogP contribution in [-0.2, 0) is 14.3 Å². The number of piperidine rings is 1. The Morgan fingerprint density at radius 3 is 2.74 bits per heavy atom. The number of rotatable bonds is 3. The van der Waals surface area contributed by atoms with Crippen LogP contribution in [0.25, 0.3) is 0 Å². The van der Waals surface area contributed by atoms with Crippen LogP contribution < -0.4 is 0 Å². The van der Waals surface area contributed by atoms with E-state index in [4.69, 9.17) is 4.74 Å². The van der Waals surface area contributed by atoms with Gasteiger partial charge >= 0.3 is 5.97 Å². The third kappa shape index (κ3) is 1.59. The highest BCUT2D eigenvalue weighted by molar-refractivity contribution is 6.08. The Morgan fingerprint density at radius 2 is 2.11 bits per heavy atom. The first kappa shape index (κ1) is 12.2. The maximum atomic E-state index is 12.5. The number of esters is 1. The van der Waals surface area contributed by atoms with Crippen molar-refractivity contribution in [1.82, 2.24) is 4.90 Å². The summed E-state index contributed by atoms with van der Waals surface area (Å²) in [6.07, 6.45) is 0.649. The van der Waals surface area contributed by atoms with Gasteiger partial charge in [-0.25, -0.2) is 0 Å². The molecule has 100 valence electrons. The number of fused-ring (bicyclic) bond motifs is 1. The van der Waals surface area contributed by atoms with Crippen LogP contribution in [0.15, 0.2) is 30.3 Å². The lowest BCUT2D eigenvalue weighted by Gasteiger charge is -2.27. The summed E-state index contributed by atoms with van der Waals surface area (Å²) in [5.74, 6) is -0.301. The van der Waals surface area contributed by atoms with E-state index in [1.54, 1.807) is 4.90 Å². The second-order valence-electron chi connectivity index (χ2n) is 5.41. The molecule has 0 radical (unpaired) electrons. The van der Waals surface area contributed by atoms with Gasteiger partial charge < -0.3 is 9.64 Å². The van der Waals surface area contributed by atoms with E-state index in [9.17, 15) is 9.59 Å². The van der Waals surface area contributed by atoms with Gasteiger partial charge in [-0.2, -0.15) is 0 Å². The lowest BCUT2D eigenvalue weighted by atomic mass is 10.0. The fraction of sp³-hybridized carbons (Fsp3) is 0.467. The summed E-state index contributed by atoms with van der Waals surface area (Å²) in [5, 5.41) is 0. The first-order chi connectivity index (χ1) is 9.11. The van der Waals surface area contributed by atoms with Gasteiger partial charge in [-0.05, 0) is 18.9 Å². The highest BCUT2D eigenvalue weighted by atomic mass is 16.5. The Labute approximate surface area is 112 Å². The normalized spacial score (nSPS) is 29.9. The third-order valence-electron chi connectivity index (χ3n) is 4.46. The summed E-state index contributed by atoms with van der Waals surface area (Å²) in [6.45, 7) is 2.66. The Hall–Kier alpha value is -1.84. The van der Waals surface area contributed by atoms with E-state index >= 15 is 0 Å². The molecule has 3 rings (SSSR count). The molecule has 1 saturated carbocycles. The van der Waals surface area contributed by atoms with Crippen LogP contribution >= 0.6 is 0 Å². The quantitative estimate of drug-likeness (QED) is 0.614. The van der Waals surface area contributed by atoms with Crippen molar-refractivity contribution in [2.75, 3.05) is 13.7 Å². The zero-order valence-corrected chi connectivity index (χ0v) is 11.1. The molecule has 1 aromatic rings. The molecule has 1 saturated heterocycles. The van der Waals surface area contributed by atoms with Crippen molar-refractivity contribution in [1.29, 1.82) is 0 Å². The average Bonchev–Trinajstić information content (AvgIpc) is 3.12. The number of likely N-dealkylation sites (tertiary alicyclic amines) is 1. The maximum Gasteiger partial charge on any atom is 0.321 e.